The van der Waals surface area contributed by atoms with Gasteiger partial charge in [-0.2, -0.15) is 0 Å². The lowest BCUT2D eigenvalue weighted by molar-refractivity contribution is -0.161. The molecule has 0 radical (unpaired) electrons. The molecule has 0 unspecified atom stereocenters. The van der Waals surface area contributed by atoms with E-state index in [0.717, 1.165) is 47.9 Å². The Morgan fingerprint density at radius 1 is 1.09 bits per heavy atom. The summed E-state index contributed by atoms with van der Waals surface area (Å²) in [7, 11) is 0. The highest BCUT2D eigenvalue weighted by Crippen LogP contribution is 2.49. The lowest BCUT2D eigenvalue weighted by Gasteiger charge is -2.53. The van der Waals surface area contributed by atoms with Gasteiger partial charge in [-0.3, -0.25) is 4.79 Å². The van der Waals surface area contributed by atoms with E-state index in [4.69, 9.17) is 20.8 Å². The largest absolute Gasteiger partial charge is 0.480 e. The molecule has 1 aliphatic carbocycles. The fourth-order valence-electron chi connectivity index (χ4n) is 7.21. The van der Waals surface area contributed by atoms with Gasteiger partial charge in [0.25, 0.3) is 5.91 Å². The van der Waals surface area contributed by atoms with E-state index in [0.29, 0.717) is 46.7 Å². The van der Waals surface area contributed by atoms with Crippen LogP contribution in [-0.2, 0) is 11.2 Å². The number of rotatable bonds is 6. The highest BCUT2D eigenvalue weighted by atomic mass is 35.5. The van der Waals surface area contributed by atoms with Gasteiger partial charge in [-0.25, -0.2) is 4.79 Å². The zero-order valence-corrected chi connectivity index (χ0v) is 25.7. The number of carbonyl (C=O) groups excluding carboxylic acids is 1. The van der Waals surface area contributed by atoms with Crippen LogP contribution in [0.25, 0.3) is 11.0 Å². The monoisotopic (exact) mass is 599 g/mol. The van der Waals surface area contributed by atoms with Gasteiger partial charge >= 0.3 is 5.63 Å². The zero-order valence-electron chi connectivity index (χ0n) is 24.9. The minimum atomic E-state index is -0.807. The van der Waals surface area contributed by atoms with E-state index in [9.17, 15) is 14.7 Å². The first-order valence-corrected chi connectivity index (χ1v) is 15.6. The van der Waals surface area contributed by atoms with Crippen molar-refractivity contribution in [1.29, 1.82) is 0 Å². The van der Waals surface area contributed by atoms with Crippen molar-refractivity contribution in [2.45, 2.75) is 77.0 Å². The van der Waals surface area contributed by atoms with Gasteiger partial charge in [0.1, 0.15) is 11.3 Å². The Kier molecular flexibility index (Phi) is 8.10. The number of likely N-dealkylation sites (tertiary alicyclic amines) is 1. The van der Waals surface area contributed by atoms with Gasteiger partial charge < -0.3 is 19.2 Å². The Balaban J connectivity index is 1.34. The standard InChI is InChI=1S/C36H38ClNO5/c1-22-19-30(32-23(2)28(35(40)43-31(32)20-22)21-25-9-5-4-6-10-25)42-24(3)34(39)38-18-17-36(41)16-8-7-11-29(36)33(38)26-12-14-27(37)15-13-26/h4-6,9-10,12-15,19-20,24,29,33,41H,7-8,11,16-18,21H2,1-3H3/t24-,29-,33+,36-/m1/s1. The average Bonchev–Trinajstić information content (AvgIpc) is 2.98. The van der Waals surface area contributed by atoms with Crippen molar-refractivity contribution < 1.29 is 19.1 Å². The summed E-state index contributed by atoms with van der Waals surface area (Å²) < 4.78 is 12.3. The molecule has 1 saturated carbocycles. The van der Waals surface area contributed by atoms with Crippen LogP contribution in [0, 0.1) is 19.8 Å². The number of amides is 1. The molecule has 1 saturated heterocycles. The summed E-state index contributed by atoms with van der Waals surface area (Å²) in [6, 6.07) is 20.9. The molecule has 4 atom stereocenters. The van der Waals surface area contributed by atoms with Crippen molar-refractivity contribution >= 4 is 28.5 Å². The number of nitrogens with zero attached hydrogens (tertiary/aromatic N) is 1. The number of hydrogen-bond donors (Lipinski definition) is 1. The number of aryl methyl sites for hydroxylation is 2. The molecule has 6 nitrogen and oxygen atoms in total. The summed E-state index contributed by atoms with van der Waals surface area (Å²) in [5.41, 5.74) is 3.49. The fourth-order valence-corrected chi connectivity index (χ4v) is 7.34. The molecule has 2 heterocycles. The van der Waals surface area contributed by atoms with Gasteiger partial charge in [-0.05, 0) is 86.6 Å². The third-order valence-corrected chi connectivity index (χ3v) is 9.68. The molecule has 6 rings (SSSR count). The van der Waals surface area contributed by atoms with Crippen LogP contribution >= 0.6 is 11.6 Å². The molecule has 4 aromatic rings. The maximum absolute atomic E-state index is 14.2. The molecule has 3 aromatic carbocycles. The van der Waals surface area contributed by atoms with Gasteiger partial charge in [-0.15, -0.1) is 0 Å². The molecule has 1 amide bonds. The van der Waals surface area contributed by atoms with Crippen molar-refractivity contribution in [3.05, 3.63) is 110 Å². The summed E-state index contributed by atoms with van der Waals surface area (Å²) in [6.07, 6.45) is 3.80. The molecule has 1 N–H and O–H groups in total. The first kappa shape index (κ1) is 29.5. The van der Waals surface area contributed by atoms with E-state index < -0.39 is 11.7 Å². The van der Waals surface area contributed by atoms with E-state index in [2.05, 4.69) is 0 Å². The van der Waals surface area contributed by atoms with Crippen LogP contribution in [0.2, 0.25) is 5.02 Å². The third kappa shape index (κ3) is 5.71. The third-order valence-electron chi connectivity index (χ3n) is 9.42. The molecule has 1 aliphatic heterocycles. The minimum Gasteiger partial charge on any atom is -0.480 e. The Hall–Kier alpha value is -3.61. The number of halogens is 1. The van der Waals surface area contributed by atoms with Crippen LogP contribution in [0.1, 0.15) is 72.9 Å². The van der Waals surface area contributed by atoms with E-state index in [-0.39, 0.29) is 23.5 Å². The highest BCUT2D eigenvalue weighted by Gasteiger charge is 2.50. The number of fused-ring (bicyclic) bond motifs is 2. The summed E-state index contributed by atoms with van der Waals surface area (Å²) in [4.78, 5) is 29.2. The average molecular weight is 600 g/mol. The molecule has 0 spiro atoms. The Bertz CT molecular complexity index is 1700. The van der Waals surface area contributed by atoms with Gasteiger partial charge in [0.05, 0.1) is 17.0 Å². The van der Waals surface area contributed by atoms with Crippen molar-refractivity contribution in [3.8, 4) is 5.75 Å². The highest BCUT2D eigenvalue weighted by molar-refractivity contribution is 6.30. The van der Waals surface area contributed by atoms with Crippen molar-refractivity contribution in [1.82, 2.24) is 4.90 Å². The van der Waals surface area contributed by atoms with Crippen LogP contribution in [0.3, 0.4) is 0 Å². The first-order valence-electron chi connectivity index (χ1n) is 15.2. The maximum atomic E-state index is 14.2. The van der Waals surface area contributed by atoms with Gasteiger partial charge in [0, 0.05) is 29.5 Å². The SMILES string of the molecule is Cc1cc(O[C@H](C)C(=O)N2CC[C@]3(O)CCCC[C@@H]3[C@@H]2c2ccc(Cl)cc2)c2c(C)c(Cc3ccccc3)c(=O)oc2c1. The molecular formula is C36H38ClNO5. The zero-order chi connectivity index (χ0) is 30.3. The second-order valence-corrected chi connectivity index (χ2v) is 12.7. The number of ether oxygens (including phenoxy) is 1. The quantitative estimate of drug-likeness (QED) is 0.235. The molecular weight excluding hydrogens is 562 g/mol. The predicted molar refractivity (Wildman–Crippen MR) is 169 cm³/mol. The van der Waals surface area contributed by atoms with E-state index >= 15 is 0 Å². The summed E-state index contributed by atoms with van der Waals surface area (Å²) in [5.74, 6) is 0.312. The van der Waals surface area contributed by atoms with Crippen LogP contribution in [0.15, 0.2) is 75.9 Å². The molecule has 7 heteroatoms. The predicted octanol–water partition coefficient (Wildman–Crippen LogP) is 7.32. The maximum Gasteiger partial charge on any atom is 0.340 e. The lowest BCUT2D eigenvalue weighted by Crippen LogP contribution is -2.58. The van der Waals surface area contributed by atoms with Crippen LogP contribution < -0.4 is 10.4 Å². The normalized spacial score (nSPS) is 22.7. The number of aliphatic hydroxyl groups is 1. The number of hydrogen-bond acceptors (Lipinski definition) is 5. The molecule has 0 bridgehead atoms. The molecule has 224 valence electrons. The van der Waals surface area contributed by atoms with Crippen LogP contribution in [0.5, 0.6) is 5.75 Å². The number of benzene rings is 3. The minimum absolute atomic E-state index is 0.0656. The van der Waals surface area contributed by atoms with Gasteiger partial charge in [0.15, 0.2) is 6.10 Å². The summed E-state index contributed by atoms with van der Waals surface area (Å²) >= 11 is 6.22. The number of piperidine rings is 1. The molecule has 43 heavy (non-hydrogen) atoms. The van der Waals surface area contributed by atoms with E-state index in [1.54, 1.807) is 6.92 Å². The Morgan fingerprint density at radius 3 is 2.58 bits per heavy atom. The van der Waals surface area contributed by atoms with Crippen molar-refractivity contribution in [3.63, 3.8) is 0 Å². The summed E-state index contributed by atoms with van der Waals surface area (Å²) in [5, 5.41) is 13.0. The van der Waals surface area contributed by atoms with Gasteiger partial charge in [-0.1, -0.05) is 66.9 Å². The molecule has 1 aromatic heterocycles. The van der Waals surface area contributed by atoms with E-state index in [1.807, 2.05) is 85.5 Å². The van der Waals surface area contributed by atoms with Crippen LogP contribution in [-0.4, -0.2) is 34.2 Å². The lowest BCUT2D eigenvalue weighted by atomic mass is 9.66. The summed E-state index contributed by atoms with van der Waals surface area (Å²) in [6.45, 7) is 6.04. The first-order chi connectivity index (χ1) is 20.6. The second-order valence-electron chi connectivity index (χ2n) is 12.3. The molecule has 2 aliphatic rings. The fraction of sp³-hybridized carbons (Fsp3) is 0.389. The topological polar surface area (TPSA) is 80.0 Å². The van der Waals surface area contributed by atoms with Gasteiger partial charge in [0.2, 0.25) is 0 Å². The molecule has 2 fully saturated rings. The van der Waals surface area contributed by atoms with E-state index in [1.165, 1.54) is 0 Å². The van der Waals surface area contributed by atoms with Crippen molar-refractivity contribution in [2.24, 2.45) is 5.92 Å². The van der Waals surface area contributed by atoms with Crippen molar-refractivity contribution in [2.75, 3.05) is 6.54 Å². The number of carbonyl (C=O) groups is 1. The Morgan fingerprint density at radius 2 is 1.84 bits per heavy atom. The Labute approximate surface area is 257 Å². The van der Waals surface area contributed by atoms with Crippen LogP contribution in [0.4, 0.5) is 0 Å². The second kappa shape index (κ2) is 11.8. The smallest absolute Gasteiger partial charge is 0.340 e.